The van der Waals surface area contributed by atoms with Crippen molar-refractivity contribution in [3.05, 3.63) is 163 Å². The molecule has 3 nitrogen and oxygen atoms in total. The van der Waals surface area contributed by atoms with E-state index in [1.165, 1.54) is 0 Å². The van der Waals surface area contributed by atoms with E-state index < -0.39 is 253 Å². The molecule has 1 aromatic heterocycles. The molecule has 0 radical (unpaired) electrons. The fraction of sp³-hybridized carbons (Fsp3) is 0. The first-order valence-corrected chi connectivity index (χ1v) is 13.6. The molecule has 10 rings (SSSR count). The molecule has 7 aromatic carbocycles. The van der Waals surface area contributed by atoms with Crippen LogP contribution in [0.1, 0.15) is 37.0 Å². The molecular weight excluding hydrogens is 559 g/mol. The van der Waals surface area contributed by atoms with Gasteiger partial charge in [0.25, 0.3) is 6.71 Å². The van der Waals surface area contributed by atoms with Crippen molar-refractivity contribution >= 4 is 79.2 Å². The summed E-state index contributed by atoms with van der Waals surface area (Å²) in [7, 11) is 0. The molecule has 214 valence electrons. The number of nitrogens with zero attached hydrogens (tertiary/aromatic N) is 2. The summed E-state index contributed by atoms with van der Waals surface area (Å²) >= 11 is 0. The second kappa shape index (κ2) is 9.75. The number of hydrogen-bond acceptors (Lipinski definition) is 3. The molecule has 3 heterocycles. The van der Waals surface area contributed by atoms with E-state index in [4.69, 9.17) is 25.0 Å². The molecule has 0 amide bonds. The van der Waals surface area contributed by atoms with E-state index in [2.05, 4.69) is 0 Å². The summed E-state index contributed by atoms with van der Waals surface area (Å²) in [5.41, 5.74) is -9.32. The maximum absolute atomic E-state index is 9.66. The first-order chi connectivity index (χ1) is 34.1. The average Bonchev–Trinajstić information content (AvgIpc) is 3.78. The van der Waals surface area contributed by atoms with E-state index in [0.717, 1.165) is 0 Å². The van der Waals surface area contributed by atoms with Gasteiger partial charge in [-0.15, -0.1) is 0 Å². The first-order valence-electron chi connectivity index (χ1n) is 27.1. The van der Waals surface area contributed by atoms with Crippen molar-refractivity contribution in [2.75, 3.05) is 9.80 Å². The Balaban J connectivity index is 1.47. The molecule has 0 saturated carbocycles. The van der Waals surface area contributed by atoms with Crippen molar-refractivity contribution in [3.63, 3.8) is 0 Å². The second-order valence-electron chi connectivity index (χ2n) is 10.1. The largest absolute Gasteiger partial charge is 0.456 e. The van der Waals surface area contributed by atoms with Crippen LogP contribution in [0.4, 0.5) is 34.1 Å². The molecule has 0 aliphatic carbocycles. The molecule has 0 spiro atoms. The predicted molar refractivity (Wildman–Crippen MR) is 193 cm³/mol. The van der Waals surface area contributed by atoms with Crippen LogP contribution in [0.15, 0.2) is 168 Å². The predicted octanol–water partition coefficient (Wildman–Crippen LogP) is 9.34. The van der Waals surface area contributed by atoms with Gasteiger partial charge in [-0.3, -0.25) is 0 Å². The highest BCUT2D eigenvalue weighted by atomic mass is 16.3. The topological polar surface area (TPSA) is 19.6 Å². The lowest BCUT2D eigenvalue weighted by molar-refractivity contribution is 0.669. The van der Waals surface area contributed by atoms with E-state index in [1.807, 2.05) is 0 Å². The molecule has 8 aromatic rings. The SMILES string of the molecule is [2H]c1c([2H])c([2H])c(N2c3c([2H])c([2H])c([2H])c([2H])c3B3c4c([2H])c([2H])c([2H])c([2H])c4N(c4c([2H])c([2H])c([2H])c([2H])c4-c4c([2H])c([2H])c5c(oc6c([2H])c([2H])c([2H])c([2H])c65)c4[2H])c4c([2H])c([2H])c([2H])c2c43)c([2H])c1[2H]. The van der Waals surface area contributed by atoms with Crippen LogP contribution in [0.2, 0.25) is 0 Å². The number of furan rings is 1. The third-order valence-electron chi connectivity index (χ3n) is 7.76. The Bertz CT molecular complexity index is 3960. The third-order valence-corrected chi connectivity index (χ3v) is 7.76. The number of rotatable bonds is 3. The zero-order valence-corrected chi connectivity index (χ0v) is 22.9. The molecule has 0 fully saturated rings. The van der Waals surface area contributed by atoms with Gasteiger partial charge in [0.15, 0.2) is 0 Å². The van der Waals surface area contributed by atoms with E-state index in [0.29, 0.717) is 9.80 Å². The van der Waals surface area contributed by atoms with Gasteiger partial charge in [-0.25, -0.2) is 0 Å². The molecule has 0 bridgehead atoms. The summed E-state index contributed by atoms with van der Waals surface area (Å²) in [4.78, 5) is 1.40. The van der Waals surface area contributed by atoms with E-state index in [1.54, 1.807) is 0 Å². The van der Waals surface area contributed by atoms with Gasteiger partial charge in [0.05, 0.1) is 42.7 Å². The Morgan fingerprint density at radius 1 is 0.457 bits per heavy atom. The van der Waals surface area contributed by atoms with Gasteiger partial charge in [0.1, 0.15) is 11.2 Å². The number of benzene rings is 7. The van der Waals surface area contributed by atoms with Crippen molar-refractivity contribution in [2.45, 2.75) is 0 Å². The van der Waals surface area contributed by atoms with Gasteiger partial charge in [0, 0.05) is 44.8 Å². The minimum Gasteiger partial charge on any atom is -0.456 e. The van der Waals surface area contributed by atoms with Crippen LogP contribution >= 0.6 is 0 Å². The quantitative estimate of drug-likeness (QED) is 0.185. The van der Waals surface area contributed by atoms with Crippen molar-refractivity contribution in [3.8, 4) is 11.1 Å². The molecule has 0 N–H and O–H groups in total. The highest BCUT2D eigenvalue weighted by molar-refractivity contribution is 7.00. The third kappa shape index (κ3) is 3.55. The van der Waals surface area contributed by atoms with Crippen LogP contribution in [-0.4, -0.2) is 6.71 Å². The van der Waals surface area contributed by atoms with Gasteiger partial charge in [-0.2, -0.15) is 0 Å². The van der Waals surface area contributed by atoms with Crippen molar-refractivity contribution in [2.24, 2.45) is 0 Å². The van der Waals surface area contributed by atoms with Gasteiger partial charge >= 0.3 is 0 Å². The normalized spacial score (nSPS) is 21.3. The lowest BCUT2D eigenvalue weighted by Crippen LogP contribution is -2.61. The fourth-order valence-electron chi connectivity index (χ4n) is 5.96. The monoisotopic (exact) mass is 613 g/mol. The maximum Gasteiger partial charge on any atom is 0.252 e. The second-order valence-corrected chi connectivity index (χ2v) is 10.1. The van der Waals surface area contributed by atoms with E-state index in [9.17, 15) is 16.4 Å². The average molecular weight is 614 g/mol. The summed E-state index contributed by atoms with van der Waals surface area (Å²) < 4.78 is 250. The fourth-order valence-corrected chi connectivity index (χ4v) is 5.96. The van der Waals surface area contributed by atoms with Crippen LogP contribution in [0, 0.1) is 0 Å². The standard InChI is InChI=1S/C42H27BN2O/c1-2-13-29(14-3-1)44-36-20-9-6-17-33(36)43-34-18-7-10-21-37(34)45(39-23-12-22-38(44)42(39)43)35-19-8-4-15-30(35)28-25-26-32-31-16-5-11-24-40(31)46-41(32)27-28/h1-27H/i1D,2D,3D,4D,5D,6D,7D,8D,9D,10D,11D,12D,13D,14D,15D,16D,17D,18D,19D,20D,21D,22D,23D,24D,25D,26D,27D. The van der Waals surface area contributed by atoms with E-state index >= 15 is 0 Å². The highest BCUT2D eigenvalue weighted by Gasteiger charge is 2.43. The molecule has 46 heavy (non-hydrogen) atoms. The summed E-state index contributed by atoms with van der Waals surface area (Å²) in [6, 6.07) is -25.4. The summed E-state index contributed by atoms with van der Waals surface area (Å²) in [6.07, 6.45) is 0. The molecule has 0 atom stereocenters. The zero-order chi connectivity index (χ0) is 53.7. The van der Waals surface area contributed by atoms with Crippen molar-refractivity contribution in [1.29, 1.82) is 0 Å². The Morgan fingerprint density at radius 2 is 1.04 bits per heavy atom. The van der Waals surface area contributed by atoms with Crippen LogP contribution in [0.25, 0.3) is 33.1 Å². The Labute approximate surface area is 305 Å². The molecule has 4 heteroatoms. The summed E-state index contributed by atoms with van der Waals surface area (Å²) in [6.45, 7) is -1.95. The lowest BCUT2D eigenvalue weighted by Gasteiger charge is -2.44. The molecule has 0 saturated heterocycles. The minimum absolute atomic E-state index is 0.396. The molecule has 0 unspecified atom stereocenters. The van der Waals surface area contributed by atoms with Crippen LogP contribution in [-0.2, 0) is 0 Å². The van der Waals surface area contributed by atoms with E-state index in [-0.39, 0.29) is 0 Å². The number of hydrogen-bond donors (Lipinski definition) is 0. The Hall–Kier alpha value is -6.00. The van der Waals surface area contributed by atoms with Crippen molar-refractivity contribution in [1.82, 2.24) is 0 Å². The summed E-state index contributed by atoms with van der Waals surface area (Å²) in [5, 5.41) is -0.848. The van der Waals surface area contributed by atoms with Crippen LogP contribution < -0.4 is 26.2 Å². The first kappa shape index (κ1) is 10.5. The lowest BCUT2D eigenvalue weighted by atomic mass is 9.33. The van der Waals surface area contributed by atoms with Gasteiger partial charge < -0.3 is 14.2 Å². The van der Waals surface area contributed by atoms with Gasteiger partial charge in [-0.1, -0.05) is 103 Å². The molecule has 2 aliphatic rings. The highest BCUT2D eigenvalue weighted by Crippen LogP contribution is 2.46. The molecular formula is C42H27BN2O. The maximum atomic E-state index is 9.66. The zero-order valence-electron chi connectivity index (χ0n) is 49.9. The smallest absolute Gasteiger partial charge is 0.252 e. The number of para-hydroxylation sites is 5. The van der Waals surface area contributed by atoms with Gasteiger partial charge in [-0.05, 0) is 82.4 Å². The minimum atomic E-state index is -1.95. The van der Waals surface area contributed by atoms with Gasteiger partial charge in [0.2, 0.25) is 0 Å². The van der Waals surface area contributed by atoms with Crippen LogP contribution in [0.3, 0.4) is 0 Å². The summed E-state index contributed by atoms with van der Waals surface area (Å²) in [5.74, 6) is 0. The Kier molecular flexibility index (Phi) is 2.23. The Morgan fingerprint density at radius 3 is 1.85 bits per heavy atom. The van der Waals surface area contributed by atoms with Crippen LogP contribution in [0.5, 0.6) is 0 Å². The number of fused-ring (bicyclic) bond motifs is 7. The molecule has 2 aliphatic heterocycles. The van der Waals surface area contributed by atoms with Crippen molar-refractivity contribution < 1.29 is 41.4 Å². The number of anilines is 6.